The molecule has 110 valence electrons. The fourth-order valence-corrected chi connectivity index (χ4v) is 2.32. The minimum Gasteiger partial charge on any atom is -0.381 e. The van der Waals surface area contributed by atoms with Crippen LogP contribution in [0.3, 0.4) is 0 Å². The van der Waals surface area contributed by atoms with E-state index in [0.29, 0.717) is 12.1 Å². The Morgan fingerprint density at radius 3 is 2.29 bits per heavy atom. The molecule has 0 aliphatic heterocycles. The highest BCUT2D eigenvalue weighted by atomic mass is 16.6. The lowest BCUT2D eigenvalue weighted by Gasteiger charge is -2.12. The van der Waals surface area contributed by atoms with Gasteiger partial charge in [0.05, 0.1) is 4.92 Å². The molecule has 0 aliphatic carbocycles. The molecule has 0 saturated heterocycles. The van der Waals surface area contributed by atoms with Crippen molar-refractivity contribution < 1.29 is 4.92 Å². The molecule has 0 radical (unpaired) electrons. The van der Waals surface area contributed by atoms with Crippen molar-refractivity contribution >= 4 is 11.4 Å². The van der Waals surface area contributed by atoms with E-state index in [-0.39, 0.29) is 10.6 Å². The van der Waals surface area contributed by atoms with Crippen LogP contribution in [0.4, 0.5) is 11.4 Å². The molecule has 2 aromatic rings. The van der Waals surface area contributed by atoms with Gasteiger partial charge in [0, 0.05) is 23.9 Å². The van der Waals surface area contributed by atoms with Crippen LogP contribution in [-0.2, 0) is 6.54 Å². The topological polar surface area (TPSA) is 55.2 Å². The van der Waals surface area contributed by atoms with Crippen molar-refractivity contribution in [3.63, 3.8) is 0 Å². The molecule has 0 aromatic heterocycles. The van der Waals surface area contributed by atoms with Crippen LogP contribution >= 0.6 is 0 Å². The summed E-state index contributed by atoms with van der Waals surface area (Å²) < 4.78 is 0. The number of anilines is 1. The molecule has 21 heavy (non-hydrogen) atoms. The smallest absolute Gasteiger partial charge is 0.274 e. The first-order chi connectivity index (χ1) is 9.88. The van der Waals surface area contributed by atoms with Crippen LogP contribution in [0.25, 0.3) is 0 Å². The van der Waals surface area contributed by atoms with E-state index in [1.807, 2.05) is 6.07 Å². The zero-order valence-corrected chi connectivity index (χ0v) is 12.9. The highest BCUT2D eigenvalue weighted by Crippen LogP contribution is 2.23. The molecule has 2 aromatic carbocycles. The molecule has 0 aliphatic rings. The minimum atomic E-state index is -0.345. The molecular formula is C17H20N2O2. The molecule has 0 fully saturated rings. The number of hydrogen-bond acceptors (Lipinski definition) is 3. The van der Waals surface area contributed by atoms with Crippen molar-refractivity contribution in [2.45, 2.75) is 34.2 Å². The van der Waals surface area contributed by atoms with Crippen molar-refractivity contribution in [1.82, 2.24) is 0 Å². The van der Waals surface area contributed by atoms with Crippen LogP contribution in [0, 0.1) is 37.8 Å². The second-order valence-corrected chi connectivity index (χ2v) is 5.47. The zero-order chi connectivity index (χ0) is 15.6. The number of rotatable bonds is 4. The lowest BCUT2D eigenvalue weighted by molar-refractivity contribution is -0.385. The summed E-state index contributed by atoms with van der Waals surface area (Å²) in [5.74, 6) is 0. The quantitative estimate of drug-likeness (QED) is 0.667. The van der Waals surface area contributed by atoms with Gasteiger partial charge >= 0.3 is 0 Å². The fraction of sp³-hybridized carbons (Fsp3) is 0.294. The second kappa shape index (κ2) is 5.95. The predicted molar refractivity (Wildman–Crippen MR) is 85.8 cm³/mol. The maximum Gasteiger partial charge on any atom is 0.274 e. The van der Waals surface area contributed by atoms with Gasteiger partial charge in [-0.1, -0.05) is 18.2 Å². The summed E-state index contributed by atoms with van der Waals surface area (Å²) in [6, 6.07) is 9.57. The molecule has 2 rings (SSSR count). The highest BCUT2D eigenvalue weighted by Gasteiger charge is 2.11. The number of nitrogens with one attached hydrogen (secondary N) is 1. The molecule has 0 atom stereocenters. The monoisotopic (exact) mass is 284 g/mol. The Labute approximate surface area is 125 Å². The summed E-state index contributed by atoms with van der Waals surface area (Å²) in [5, 5.41) is 14.2. The maximum absolute atomic E-state index is 11.0. The van der Waals surface area contributed by atoms with E-state index < -0.39 is 0 Å². The Balaban J connectivity index is 2.19. The Bertz CT molecular complexity index is 693. The van der Waals surface area contributed by atoms with E-state index in [1.165, 1.54) is 22.3 Å². The van der Waals surface area contributed by atoms with Gasteiger partial charge in [-0.3, -0.25) is 10.1 Å². The molecule has 0 bridgehead atoms. The van der Waals surface area contributed by atoms with Crippen molar-refractivity contribution in [2.24, 2.45) is 0 Å². The molecule has 1 N–H and O–H groups in total. The Kier molecular flexibility index (Phi) is 4.26. The average Bonchev–Trinajstić information content (AvgIpc) is 2.42. The SMILES string of the molecule is Cc1cc(C)c(CNc2ccc(C)c([N+](=O)[O-])c2)cc1C. The zero-order valence-electron chi connectivity index (χ0n) is 12.9. The lowest BCUT2D eigenvalue weighted by atomic mass is 10.0. The number of benzene rings is 2. The number of aryl methyl sites for hydroxylation is 4. The normalized spacial score (nSPS) is 10.5. The predicted octanol–water partition coefficient (Wildman–Crippen LogP) is 4.44. The summed E-state index contributed by atoms with van der Waals surface area (Å²) in [6.45, 7) is 8.68. The van der Waals surface area contributed by atoms with Gasteiger partial charge in [0.25, 0.3) is 5.69 Å². The third-order valence-corrected chi connectivity index (χ3v) is 3.84. The summed E-state index contributed by atoms with van der Waals surface area (Å²) in [5.41, 5.74) is 6.57. The van der Waals surface area contributed by atoms with Crippen LogP contribution in [-0.4, -0.2) is 4.92 Å². The summed E-state index contributed by atoms with van der Waals surface area (Å²) in [7, 11) is 0. The summed E-state index contributed by atoms with van der Waals surface area (Å²) >= 11 is 0. The van der Waals surface area contributed by atoms with Gasteiger partial charge in [-0.25, -0.2) is 0 Å². The van der Waals surface area contributed by atoms with Crippen molar-refractivity contribution in [2.75, 3.05) is 5.32 Å². The first-order valence-corrected chi connectivity index (χ1v) is 6.94. The molecule has 0 amide bonds. The van der Waals surface area contributed by atoms with Gasteiger partial charge in [-0.15, -0.1) is 0 Å². The van der Waals surface area contributed by atoms with E-state index in [2.05, 4.69) is 38.2 Å². The van der Waals surface area contributed by atoms with E-state index in [0.717, 1.165) is 5.69 Å². The number of hydrogen-bond donors (Lipinski definition) is 1. The Morgan fingerprint density at radius 2 is 1.62 bits per heavy atom. The standard InChI is InChI=1S/C17H20N2O2/c1-11-5-6-16(9-17(11)19(20)21)18-10-15-8-13(3)12(2)7-14(15)4/h5-9,18H,10H2,1-4H3. The van der Waals surface area contributed by atoms with Crippen LogP contribution in [0.15, 0.2) is 30.3 Å². The number of nitrogens with zero attached hydrogens (tertiary/aromatic N) is 1. The highest BCUT2D eigenvalue weighted by molar-refractivity contribution is 5.55. The number of nitro benzene ring substituents is 1. The van der Waals surface area contributed by atoms with Gasteiger partial charge in [-0.05, 0) is 56.0 Å². The molecule has 0 heterocycles. The molecule has 0 spiro atoms. The van der Waals surface area contributed by atoms with Crippen LogP contribution in [0.2, 0.25) is 0 Å². The van der Waals surface area contributed by atoms with Crippen LogP contribution in [0.1, 0.15) is 27.8 Å². The van der Waals surface area contributed by atoms with E-state index >= 15 is 0 Å². The third kappa shape index (κ3) is 3.40. The summed E-state index contributed by atoms with van der Waals surface area (Å²) in [6.07, 6.45) is 0. The van der Waals surface area contributed by atoms with Gasteiger partial charge < -0.3 is 5.32 Å². The molecule has 4 heteroatoms. The Hall–Kier alpha value is -2.36. The van der Waals surface area contributed by atoms with Crippen molar-refractivity contribution in [3.05, 3.63) is 68.3 Å². The molecule has 4 nitrogen and oxygen atoms in total. The summed E-state index contributed by atoms with van der Waals surface area (Å²) in [4.78, 5) is 10.6. The second-order valence-electron chi connectivity index (χ2n) is 5.47. The van der Waals surface area contributed by atoms with Crippen molar-refractivity contribution in [1.29, 1.82) is 0 Å². The van der Waals surface area contributed by atoms with Gasteiger partial charge in [0.2, 0.25) is 0 Å². The fourth-order valence-electron chi connectivity index (χ4n) is 2.32. The largest absolute Gasteiger partial charge is 0.381 e. The van der Waals surface area contributed by atoms with E-state index in [4.69, 9.17) is 0 Å². The van der Waals surface area contributed by atoms with Gasteiger partial charge in [0.1, 0.15) is 0 Å². The van der Waals surface area contributed by atoms with E-state index in [9.17, 15) is 10.1 Å². The lowest BCUT2D eigenvalue weighted by Crippen LogP contribution is -2.03. The Morgan fingerprint density at radius 1 is 0.952 bits per heavy atom. The van der Waals surface area contributed by atoms with Gasteiger partial charge in [-0.2, -0.15) is 0 Å². The number of nitro groups is 1. The third-order valence-electron chi connectivity index (χ3n) is 3.84. The van der Waals surface area contributed by atoms with Gasteiger partial charge in [0.15, 0.2) is 0 Å². The first-order valence-electron chi connectivity index (χ1n) is 6.94. The van der Waals surface area contributed by atoms with Crippen molar-refractivity contribution in [3.8, 4) is 0 Å². The van der Waals surface area contributed by atoms with E-state index in [1.54, 1.807) is 19.1 Å². The molecule has 0 unspecified atom stereocenters. The molecule has 0 saturated carbocycles. The van der Waals surface area contributed by atoms with Crippen LogP contribution in [0.5, 0.6) is 0 Å². The first kappa shape index (κ1) is 15.0. The minimum absolute atomic E-state index is 0.150. The molecular weight excluding hydrogens is 264 g/mol. The van der Waals surface area contributed by atoms with Crippen LogP contribution < -0.4 is 5.32 Å². The maximum atomic E-state index is 11.0. The average molecular weight is 284 g/mol.